The lowest BCUT2D eigenvalue weighted by Gasteiger charge is -2.40. The van der Waals surface area contributed by atoms with Crippen molar-refractivity contribution in [1.82, 2.24) is 0 Å². The number of hydrogen-bond acceptors (Lipinski definition) is 1. The molecular weight excluding hydrogens is 201 g/mol. The third kappa shape index (κ3) is 3.21. The molecule has 0 spiro atoms. The van der Waals surface area contributed by atoms with Crippen molar-refractivity contribution in [3.8, 4) is 0 Å². The Morgan fingerprint density at radius 3 is 1.73 bits per heavy atom. The van der Waals surface area contributed by atoms with Crippen molar-refractivity contribution in [3.63, 3.8) is 0 Å². The van der Waals surface area contributed by atoms with Crippen molar-refractivity contribution >= 4 is 13.1 Å². The summed E-state index contributed by atoms with van der Waals surface area (Å²) in [4.78, 5) is 0. The normalized spacial score (nSPS) is 12.7. The van der Waals surface area contributed by atoms with Crippen LogP contribution >= 0.6 is 7.41 Å². The number of benzene rings is 1. The molecule has 0 amide bonds. The topological polar surface area (TPSA) is 3.24 Å². The summed E-state index contributed by atoms with van der Waals surface area (Å²) in [5, 5.41) is 0. The number of hydrogen-bond donors (Lipinski definition) is 0. The van der Waals surface area contributed by atoms with E-state index in [0.717, 1.165) is 0 Å². The van der Waals surface area contributed by atoms with Crippen LogP contribution in [0.3, 0.4) is 0 Å². The van der Waals surface area contributed by atoms with E-state index >= 15 is 0 Å². The van der Waals surface area contributed by atoms with Crippen LogP contribution in [0.5, 0.6) is 0 Å². The summed E-state index contributed by atoms with van der Waals surface area (Å²) in [6, 6.07) is 10.7. The van der Waals surface area contributed by atoms with Crippen LogP contribution in [0.15, 0.2) is 30.3 Å². The fraction of sp³-hybridized carbons (Fsp3) is 0.538. The van der Waals surface area contributed by atoms with Gasteiger partial charge in [0.2, 0.25) is 0 Å². The summed E-state index contributed by atoms with van der Waals surface area (Å²) in [7, 11) is -1.04. The molecule has 0 atom stereocenters. The van der Waals surface area contributed by atoms with Crippen molar-refractivity contribution in [2.75, 3.05) is 24.7 Å². The number of nitrogens with zero attached hydrogens (tertiary/aromatic N) is 1. The monoisotopic (exact) mass is 224 g/mol. The minimum Gasteiger partial charge on any atom is -0.245 e. The van der Waals surface area contributed by atoms with E-state index in [4.69, 9.17) is 0 Å². The van der Waals surface area contributed by atoms with Crippen LogP contribution in [0.25, 0.3) is 0 Å². The van der Waals surface area contributed by atoms with Crippen LogP contribution in [0, 0.1) is 0 Å². The van der Waals surface area contributed by atoms with Crippen LogP contribution in [0.2, 0.25) is 0 Å². The first kappa shape index (κ1) is 12.5. The predicted molar refractivity (Wildman–Crippen MR) is 73.4 cm³/mol. The highest BCUT2D eigenvalue weighted by Crippen LogP contribution is 2.56. The highest BCUT2D eigenvalue weighted by atomic mass is 31.2. The lowest BCUT2D eigenvalue weighted by Crippen LogP contribution is -2.40. The largest absolute Gasteiger partial charge is 0.245 e. The van der Waals surface area contributed by atoms with E-state index in [0.29, 0.717) is 0 Å². The first-order chi connectivity index (χ1) is 6.73. The van der Waals surface area contributed by atoms with Crippen LogP contribution in [0.1, 0.15) is 20.8 Å². The molecule has 0 aliphatic rings. The number of rotatable bonds is 2. The molecule has 1 aromatic carbocycles. The van der Waals surface area contributed by atoms with Gasteiger partial charge in [0.15, 0.2) is 0 Å². The Morgan fingerprint density at radius 2 is 1.40 bits per heavy atom. The van der Waals surface area contributed by atoms with Crippen LogP contribution in [-0.4, -0.2) is 25.5 Å². The van der Waals surface area contributed by atoms with Gasteiger partial charge in [-0.25, -0.2) is 4.67 Å². The van der Waals surface area contributed by atoms with Gasteiger partial charge in [-0.05, 0) is 32.9 Å². The van der Waals surface area contributed by atoms with Crippen molar-refractivity contribution in [3.05, 3.63) is 30.3 Å². The first-order valence-corrected chi connectivity index (χ1v) is 8.48. The van der Waals surface area contributed by atoms with Gasteiger partial charge in [-0.2, -0.15) is 0 Å². The molecule has 0 N–H and O–H groups in total. The molecule has 1 rings (SSSR count). The van der Waals surface area contributed by atoms with E-state index in [1.54, 1.807) is 0 Å². The van der Waals surface area contributed by atoms with Gasteiger partial charge in [0.1, 0.15) is 0 Å². The Hall–Kier alpha value is -0.550. The van der Waals surface area contributed by atoms with Crippen LogP contribution in [0.4, 0.5) is 5.69 Å². The van der Waals surface area contributed by atoms with E-state index in [9.17, 15) is 0 Å². The Morgan fingerprint density at radius 1 is 0.933 bits per heavy atom. The minimum absolute atomic E-state index is 0.188. The fourth-order valence-corrected chi connectivity index (χ4v) is 4.83. The molecule has 15 heavy (non-hydrogen) atoms. The molecule has 0 bridgehead atoms. The Kier molecular flexibility index (Phi) is 3.45. The number of para-hydroxylation sites is 1. The zero-order valence-corrected chi connectivity index (χ0v) is 11.7. The molecule has 0 unspecified atom stereocenters. The average Bonchev–Trinajstić information content (AvgIpc) is 2.00. The van der Waals surface area contributed by atoms with Crippen molar-refractivity contribution < 1.29 is 0 Å². The lowest BCUT2D eigenvalue weighted by molar-refractivity contribution is 0.583. The average molecular weight is 224 g/mol. The molecule has 1 aromatic rings. The second-order valence-corrected chi connectivity index (χ2v) is 10.0. The molecule has 0 aliphatic heterocycles. The zero-order valence-electron chi connectivity index (χ0n) is 10.8. The van der Waals surface area contributed by atoms with Gasteiger partial charge in [0.05, 0.1) is 38.6 Å². The zero-order chi connectivity index (χ0) is 11.7. The van der Waals surface area contributed by atoms with Gasteiger partial charge >= 0.3 is 0 Å². The summed E-state index contributed by atoms with van der Waals surface area (Å²) in [6.45, 7) is 13.9. The van der Waals surface area contributed by atoms with E-state index in [1.165, 1.54) is 5.69 Å². The maximum atomic E-state index is 2.57. The van der Waals surface area contributed by atoms with Gasteiger partial charge in [0.25, 0.3) is 0 Å². The molecule has 1 nitrogen and oxygen atoms in total. The van der Waals surface area contributed by atoms with Gasteiger partial charge < -0.3 is 0 Å². The minimum atomic E-state index is -1.04. The summed E-state index contributed by atoms with van der Waals surface area (Å²) < 4.78 is 2.57. The summed E-state index contributed by atoms with van der Waals surface area (Å²) >= 11 is 0. The van der Waals surface area contributed by atoms with E-state index in [-0.39, 0.29) is 5.54 Å². The first-order valence-electron chi connectivity index (χ1n) is 5.40. The lowest BCUT2D eigenvalue weighted by atomic mass is 10.1. The van der Waals surface area contributed by atoms with Crippen molar-refractivity contribution in [2.24, 2.45) is 0 Å². The van der Waals surface area contributed by atoms with Gasteiger partial charge in [-0.1, -0.05) is 18.2 Å². The Bertz CT molecular complexity index is 292. The van der Waals surface area contributed by atoms with Gasteiger partial charge in [-0.3, -0.25) is 0 Å². The smallest absolute Gasteiger partial charge is 0.0968 e. The van der Waals surface area contributed by atoms with Gasteiger partial charge in [-0.15, -0.1) is 0 Å². The number of anilines is 1. The summed E-state index contributed by atoms with van der Waals surface area (Å²) in [5.74, 6) is 0. The molecule has 0 saturated heterocycles. The molecule has 0 aliphatic carbocycles. The molecule has 2 heteroatoms. The maximum absolute atomic E-state index is 2.57. The van der Waals surface area contributed by atoms with E-state index in [2.05, 4.69) is 75.8 Å². The summed E-state index contributed by atoms with van der Waals surface area (Å²) in [6.07, 6.45) is 0. The Labute approximate surface area is 94.9 Å². The van der Waals surface area contributed by atoms with E-state index in [1.807, 2.05) is 0 Å². The second kappa shape index (κ2) is 4.14. The van der Waals surface area contributed by atoms with E-state index < -0.39 is 7.41 Å². The molecule has 0 fully saturated rings. The third-order valence-electron chi connectivity index (χ3n) is 2.24. The maximum Gasteiger partial charge on any atom is 0.0968 e. The highest BCUT2D eigenvalue weighted by Gasteiger charge is 2.37. The van der Waals surface area contributed by atoms with Crippen LogP contribution < -0.4 is 4.67 Å². The molecule has 0 aromatic heterocycles. The molecule has 0 heterocycles. The van der Waals surface area contributed by atoms with Crippen molar-refractivity contribution in [2.45, 2.75) is 26.3 Å². The van der Waals surface area contributed by atoms with Gasteiger partial charge in [0, 0.05) is 0 Å². The second-order valence-electron chi connectivity index (χ2n) is 5.76. The Balaban J connectivity index is 3.15. The predicted octanol–water partition coefficient (Wildman–Crippen LogP) is 4.11. The SMILES string of the molecule is CC(C)(C)N(c1ccccc1)[P+](C)(C)C. The van der Waals surface area contributed by atoms with Crippen LogP contribution in [-0.2, 0) is 0 Å². The molecular formula is C13H23NP+. The third-order valence-corrected chi connectivity index (χ3v) is 4.27. The fourth-order valence-electron chi connectivity index (χ4n) is 2.20. The molecule has 84 valence electrons. The molecule has 0 saturated carbocycles. The highest BCUT2D eigenvalue weighted by molar-refractivity contribution is 7.75. The van der Waals surface area contributed by atoms with Crippen molar-refractivity contribution in [1.29, 1.82) is 0 Å². The quantitative estimate of drug-likeness (QED) is 0.683. The molecule has 0 radical (unpaired) electrons. The summed E-state index contributed by atoms with van der Waals surface area (Å²) in [5.41, 5.74) is 1.53. The standard InChI is InChI=1S/C13H23NP/c1-13(2,3)14(15(4,5)6)12-10-8-7-9-11-12/h7-11H,1-6H3/q+1.